The molecule has 0 fully saturated rings. The molecule has 4 aromatic rings. The van der Waals surface area contributed by atoms with Crippen LogP contribution in [-0.4, -0.2) is 31.8 Å². The average Bonchev–Trinajstić information content (AvgIpc) is 3.05. The van der Waals surface area contributed by atoms with Crippen molar-refractivity contribution >= 4 is 5.97 Å². The van der Waals surface area contributed by atoms with Gasteiger partial charge in [-0.25, -0.2) is 8.78 Å². The number of halogens is 2. The molecule has 0 heterocycles. The summed E-state index contributed by atoms with van der Waals surface area (Å²) in [6.45, 7) is 7.10. The number of ether oxygens (including phenoxy) is 2. The van der Waals surface area contributed by atoms with Crippen LogP contribution in [0.4, 0.5) is 8.78 Å². The predicted octanol–water partition coefficient (Wildman–Crippen LogP) is 10.1. The lowest BCUT2D eigenvalue weighted by Crippen LogP contribution is -2.16. The van der Waals surface area contributed by atoms with Crippen molar-refractivity contribution in [1.29, 1.82) is 0 Å². The number of hydrogen-bond donors (Lipinski definition) is 2. The van der Waals surface area contributed by atoms with E-state index >= 15 is 8.78 Å². The van der Waals surface area contributed by atoms with E-state index in [0.717, 1.165) is 64.6 Å². The molecule has 4 rings (SSSR count). The Morgan fingerprint density at radius 2 is 1.26 bits per heavy atom. The van der Waals surface area contributed by atoms with Gasteiger partial charge < -0.3 is 19.9 Å². The predicted molar refractivity (Wildman–Crippen MR) is 186 cm³/mol. The molecule has 7 heteroatoms. The van der Waals surface area contributed by atoms with Gasteiger partial charge in [0.25, 0.3) is 0 Å². The van der Waals surface area contributed by atoms with Crippen LogP contribution in [0.25, 0.3) is 33.4 Å². The first-order chi connectivity index (χ1) is 22.7. The Morgan fingerprint density at radius 1 is 0.723 bits per heavy atom. The molecule has 5 nitrogen and oxygen atoms in total. The quantitative estimate of drug-likeness (QED) is 0.112. The van der Waals surface area contributed by atoms with Crippen LogP contribution in [0.15, 0.2) is 60.7 Å². The summed E-state index contributed by atoms with van der Waals surface area (Å²) in [5, 5.41) is 12.0. The third-order valence-corrected chi connectivity index (χ3v) is 8.90. The highest BCUT2D eigenvalue weighted by molar-refractivity contribution is 5.84. The molecule has 2 N–H and O–H groups in total. The molecule has 0 spiro atoms. The van der Waals surface area contributed by atoms with E-state index in [0.29, 0.717) is 54.0 Å². The zero-order valence-electron chi connectivity index (χ0n) is 28.3. The van der Waals surface area contributed by atoms with Gasteiger partial charge in [0.15, 0.2) is 0 Å². The first-order valence-electron chi connectivity index (χ1n) is 16.6. The Balaban J connectivity index is 1.63. The fourth-order valence-corrected chi connectivity index (χ4v) is 6.26. The Kier molecular flexibility index (Phi) is 12.9. The SMILES string of the molecule is CCCCCCc1c(F)cc(-c2cccc(-c3cccc(-c4cc(F)c(CNCCCCC(=O)O)c(OC)c4)c3C)c2C)cc1OC. The van der Waals surface area contributed by atoms with Gasteiger partial charge in [-0.3, -0.25) is 4.79 Å². The molecule has 250 valence electrons. The van der Waals surface area contributed by atoms with Crippen molar-refractivity contribution in [2.75, 3.05) is 20.8 Å². The second kappa shape index (κ2) is 17.1. The maximum Gasteiger partial charge on any atom is 0.303 e. The minimum atomic E-state index is -0.815. The number of methoxy groups -OCH3 is 2. The minimum absolute atomic E-state index is 0.121. The first-order valence-corrected chi connectivity index (χ1v) is 16.6. The molecule has 0 unspecified atom stereocenters. The standard InChI is InChI=1S/C40H47F2NO4/c1-6-7-8-9-14-34-36(41)21-28(23-38(34)46-4)30-15-12-17-32(26(30)2)33-18-13-16-31(27(33)3)29-22-37(42)35(39(24-29)47-5)25-43-20-11-10-19-40(44)45/h12-13,15-18,21-24,43H,6-11,14,19-20,25H2,1-5H3,(H,44,45). The highest BCUT2D eigenvalue weighted by atomic mass is 19.1. The normalized spacial score (nSPS) is 11.1. The number of unbranched alkanes of at least 4 members (excludes halogenated alkanes) is 4. The van der Waals surface area contributed by atoms with E-state index in [-0.39, 0.29) is 24.6 Å². The summed E-state index contributed by atoms with van der Waals surface area (Å²) >= 11 is 0. The number of hydrogen-bond acceptors (Lipinski definition) is 4. The number of carbonyl (C=O) groups is 1. The van der Waals surface area contributed by atoms with E-state index in [1.54, 1.807) is 13.2 Å². The highest BCUT2D eigenvalue weighted by Crippen LogP contribution is 2.40. The molecule has 0 bridgehead atoms. The average molecular weight is 644 g/mol. The number of carboxylic acids is 1. The van der Waals surface area contributed by atoms with Gasteiger partial charge in [0.1, 0.15) is 23.1 Å². The van der Waals surface area contributed by atoms with E-state index in [4.69, 9.17) is 14.6 Å². The van der Waals surface area contributed by atoms with Gasteiger partial charge in [0, 0.05) is 24.1 Å². The fraction of sp³-hybridized carbons (Fsp3) is 0.375. The second-order valence-corrected chi connectivity index (χ2v) is 12.1. The third-order valence-electron chi connectivity index (χ3n) is 8.90. The summed E-state index contributed by atoms with van der Waals surface area (Å²) in [5.41, 5.74) is 8.37. The Bertz CT molecular complexity index is 1680. The molecule has 0 aliphatic carbocycles. The molecular formula is C40H47F2NO4. The monoisotopic (exact) mass is 643 g/mol. The molecule has 0 amide bonds. The van der Waals surface area contributed by atoms with E-state index in [2.05, 4.69) is 24.4 Å². The highest BCUT2D eigenvalue weighted by Gasteiger charge is 2.18. The largest absolute Gasteiger partial charge is 0.496 e. The number of carboxylic acid groups (broad SMARTS) is 1. The maximum absolute atomic E-state index is 15.5. The lowest BCUT2D eigenvalue weighted by molar-refractivity contribution is -0.137. The van der Waals surface area contributed by atoms with Gasteiger partial charge in [-0.15, -0.1) is 0 Å². The lowest BCUT2D eigenvalue weighted by Gasteiger charge is -2.18. The smallest absolute Gasteiger partial charge is 0.303 e. The van der Waals surface area contributed by atoms with E-state index in [9.17, 15) is 4.79 Å². The molecule has 0 aliphatic rings. The molecule has 0 atom stereocenters. The Hall–Kier alpha value is -4.23. The van der Waals surface area contributed by atoms with E-state index in [1.807, 2.05) is 50.2 Å². The molecule has 0 aliphatic heterocycles. The van der Waals surface area contributed by atoms with E-state index < -0.39 is 5.97 Å². The van der Waals surface area contributed by atoms with Crippen molar-refractivity contribution in [1.82, 2.24) is 5.32 Å². The molecule has 0 saturated heterocycles. The molecule has 47 heavy (non-hydrogen) atoms. The van der Waals surface area contributed by atoms with Crippen molar-refractivity contribution in [2.45, 2.75) is 78.7 Å². The van der Waals surface area contributed by atoms with Crippen LogP contribution in [-0.2, 0) is 17.8 Å². The molecule has 0 aromatic heterocycles. The van der Waals surface area contributed by atoms with E-state index in [1.165, 1.54) is 13.2 Å². The summed E-state index contributed by atoms with van der Waals surface area (Å²) in [6.07, 6.45) is 6.29. The van der Waals surface area contributed by atoms with Crippen LogP contribution in [0, 0.1) is 25.5 Å². The van der Waals surface area contributed by atoms with Crippen LogP contribution in [0.5, 0.6) is 11.5 Å². The Morgan fingerprint density at radius 3 is 1.79 bits per heavy atom. The number of aliphatic carboxylic acids is 1. The van der Waals surface area contributed by atoms with Gasteiger partial charge in [-0.05, 0) is 115 Å². The van der Waals surface area contributed by atoms with Crippen LogP contribution in [0.2, 0.25) is 0 Å². The van der Waals surface area contributed by atoms with Gasteiger partial charge >= 0.3 is 5.97 Å². The van der Waals surface area contributed by atoms with Crippen molar-refractivity contribution in [2.24, 2.45) is 0 Å². The summed E-state index contributed by atoms with van der Waals surface area (Å²) in [7, 11) is 3.13. The van der Waals surface area contributed by atoms with Crippen LogP contribution >= 0.6 is 0 Å². The fourth-order valence-electron chi connectivity index (χ4n) is 6.26. The number of nitrogens with one attached hydrogen (secondary N) is 1. The van der Waals surface area contributed by atoms with Crippen molar-refractivity contribution in [3.05, 3.63) is 94.6 Å². The van der Waals surface area contributed by atoms with Crippen LogP contribution in [0.3, 0.4) is 0 Å². The van der Waals surface area contributed by atoms with Gasteiger partial charge in [0.05, 0.1) is 14.2 Å². The van der Waals surface area contributed by atoms with Crippen LogP contribution in [0.1, 0.15) is 74.1 Å². The first kappa shape index (κ1) is 35.6. The van der Waals surface area contributed by atoms with Gasteiger partial charge in [0.2, 0.25) is 0 Å². The van der Waals surface area contributed by atoms with Crippen molar-refractivity contribution in [3.63, 3.8) is 0 Å². The van der Waals surface area contributed by atoms with Gasteiger partial charge in [-0.2, -0.15) is 0 Å². The second-order valence-electron chi connectivity index (χ2n) is 12.1. The molecule has 4 aromatic carbocycles. The maximum atomic E-state index is 15.5. The number of rotatable bonds is 17. The van der Waals surface area contributed by atoms with Crippen molar-refractivity contribution < 1.29 is 28.2 Å². The molecule has 0 saturated carbocycles. The lowest BCUT2D eigenvalue weighted by atomic mass is 9.87. The minimum Gasteiger partial charge on any atom is -0.496 e. The molecular weight excluding hydrogens is 596 g/mol. The summed E-state index contributed by atoms with van der Waals surface area (Å²) < 4.78 is 42.3. The summed E-state index contributed by atoms with van der Waals surface area (Å²) in [6, 6.07) is 19.0. The zero-order chi connectivity index (χ0) is 33.9. The Labute approximate surface area is 278 Å². The number of benzene rings is 4. The van der Waals surface area contributed by atoms with Crippen molar-refractivity contribution in [3.8, 4) is 44.9 Å². The molecule has 0 radical (unpaired) electrons. The summed E-state index contributed by atoms with van der Waals surface area (Å²) in [4.78, 5) is 10.7. The third kappa shape index (κ3) is 8.77. The summed E-state index contributed by atoms with van der Waals surface area (Å²) in [5.74, 6) is -0.403. The van der Waals surface area contributed by atoms with Crippen LogP contribution < -0.4 is 14.8 Å². The zero-order valence-corrected chi connectivity index (χ0v) is 28.3. The topological polar surface area (TPSA) is 67.8 Å². The van der Waals surface area contributed by atoms with Gasteiger partial charge in [-0.1, -0.05) is 62.6 Å².